The average Bonchev–Trinajstić information content (AvgIpc) is 2.66. The normalized spacial score (nSPS) is 17.2. The van der Waals surface area contributed by atoms with Crippen LogP contribution < -0.4 is 10.6 Å². The van der Waals surface area contributed by atoms with E-state index in [2.05, 4.69) is 15.5 Å². The van der Waals surface area contributed by atoms with Crippen LogP contribution in [0, 0.1) is 0 Å². The summed E-state index contributed by atoms with van der Waals surface area (Å²) in [5.41, 5.74) is 0.881. The molecule has 7 heteroatoms. The third-order valence-electron chi connectivity index (χ3n) is 3.61. The Bertz CT molecular complexity index is 491. The van der Waals surface area contributed by atoms with Crippen molar-refractivity contribution in [3.63, 3.8) is 0 Å². The second-order valence-electron chi connectivity index (χ2n) is 5.33. The molecule has 1 unspecified atom stereocenters. The van der Waals surface area contributed by atoms with Crippen LogP contribution in [0.2, 0.25) is 10.0 Å². The Balaban J connectivity index is 0.00000242. The minimum atomic E-state index is -0.132. The van der Waals surface area contributed by atoms with Crippen LogP contribution >= 0.6 is 35.6 Å². The number of rotatable bonds is 4. The minimum Gasteiger partial charge on any atom is -0.348 e. The molecule has 0 spiro atoms. The van der Waals surface area contributed by atoms with Crippen molar-refractivity contribution in [1.29, 1.82) is 0 Å². The van der Waals surface area contributed by atoms with E-state index in [4.69, 9.17) is 23.2 Å². The van der Waals surface area contributed by atoms with Gasteiger partial charge in [0, 0.05) is 23.1 Å². The van der Waals surface area contributed by atoms with Crippen LogP contribution in [0.5, 0.6) is 0 Å². The maximum Gasteiger partial charge on any atom is 0.234 e. The zero-order valence-corrected chi connectivity index (χ0v) is 14.9. The van der Waals surface area contributed by atoms with Gasteiger partial charge in [-0.2, -0.15) is 0 Å². The van der Waals surface area contributed by atoms with Crippen LogP contribution in [0.4, 0.5) is 0 Å². The number of carbonyl (C=O) groups is 1. The molecular weight excluding hydrogens is 345 g/mol. The van der Waals surface area contributed by atoms with Gasteiger partial charge in [0.05, 0.1) is 12.6 Å². The van der Waals surface area contributed by atoms with E-state index in [1.54, 1.807) is 12.1 Å². The Morgan fingerprint density at radius 2 is 2.14 bits per heavy atom. The molecule has 0 saturated carbocycles. The Morgan fingerprint density at radius 1 is 1.36 bits per heavy atom. The van der Waals surface area contributed by atoms with Gasteiger partial charge >= 0.3 is 0 Å². The summed E-state index contributed by atoms with van der Waals surface area (Å²) in [7, 11) is 0. The summed E-state index contributed by atoms with van der Waals surface area (Å²) in [5, 5.41) is 7.50. The SMILES string of the molecule is CC(NC(=O)CN1CCCNCC1)c1ccc(Cl)cc1Cl.Cl. The van der Waals surface area contributed by atoms with E-state index < -0.39 is 0 Å². The van der Waals surface area contributed by atoms with Crippen LogP contribution in [0.1, 0.15) is 24.9 Å². The lowest BCUT2D eigenvalue weighted by Crippen LogP contribution is -2.39. The van der Waals surface area contributed by atoms with Crippen LogP contribution in [-0.4, -0.2) is 43.5 Å². The van der Waals surface area contributed by atoms with E-state index in [9.17, 15) is 4.79 Å². The number of benzene rings is 1. The second-order valence-corrected chi connectivity index (χ2v) is 6.18. The van der Waals surface area contributed by atoms with Crippen LogP contribution in [-0.2, 0) is 4.79 Å². The molecule has 4 nitrogen and oxygen atoms in total. The molecule has 124 valence electrons. The van der Waals surface area contributed by atoms with E-state index in [0.717, 1.165) is 38.2 Å². The van der Waals surface area contributed by atoms with Crippen molar-refractivity contribution in [1.82, 2.24) is 15.5 Å². The fourth-order valence-electron chi connectivity index (χ4n) is 2.48. The summed E-state index contributed by atoms with van der Waals surface area (Å²) in [6.07, 6.45) is 1.08. The molecule has 2 N–H and O–H groups in total. The van der Waals surface area contributed by atoms with E-state index in [1.165, 1.54) is 0 Å². The molecule has 0 aromatic heterocycles. The number of nitrogens with zero attached hydrogens (tertiary/aromatic N) is 1. The summed E-state index contributed by atoms with van der Waals surface area (Å²) in [6.45, 7) is 6.18. The highest BCUT2D eigenvalue weighted by Gasteiger charge is 2.16. The largest absolute Gasteiger partial charge is 0.348 e. The quantitative estimate of drug-likeness (QED) is 0.861. The highest BCUT2D eigenvalue weighted by atomic mass is 35.5. The van der Waals surface area contributed by atoms with Crippen molar-refractivity contribution >= 4 is 41.5 Å². The van der Waals surface area contributed by atoms with Crippen molar-refractivity contribution in [2.75, 3.05) is 32.7 Å². The molecule has 0 radical (unpaired) electrons. The van der Waals surface area contributed by atoms with Gasteiger partial charge in [-0.05, 0) is 44.1 Å². The van der Waals surface area contributed by atoms with Gasteiger partial charge in [0.2, 0.25) is 5.91 Å². The van der Waals surface area contributed by atoms with Crippen LogP contribution in [0.25, 0.3) is 0 Å². The molecule has 1 aromatic rings. The number of hydrogen-bond acceptors (Lipinski definition) is 3. The third kappa shape index (κ3) is 5.94. The maximum atomic E-state index is 12.1. The molecule has 1 atom stereocenters. The van der Waals surface area contributed by atoms with Crippen molar-refractivity contribution in [2.45, 2.75) is 19.4 Å². The Morgan fingerprint density at radius 3 is 2.86 bits per heavy atom. The third-order valence-corrected chi connectivity index (χ3v) is 4.17. The lowest BCUT2D eigenvalue weighted by molar-refractivity contribution is -0.122. The summed E-state index contributed by atoms with van der Waals surface area (Å²) in [6, 6.07) is 5.20. The number of hydrogen-bond donors (Lipinski definition) is 2. The van der Waals surface area contributed by atoms with Gasteiger partial charge < -0.3 is 10.6 Å². The highest BCUT2D eigenvalue weighted by molar-refractivity contribution is 6.35. The minimum absolute atomic E-state index is 0. The van der Waals surface area contributed by atoms with Gasteiger partial charge in [-0.1, -0.05) is 29.3 Å². The first-order valence-corrected chi connectivity index (χ1v) is 7.99. The molecule has 1 aliphatic heterocycles. The van der Waals surface area contributed by atoms with Crippen molar-refractivity contribution in [3.05, 3.63) is 33.8 Å². The number of nitrogens with one attached hydrogen (secondary N) is 2. The molecule has 0 bridgehead atoms. The fraction of sp³-hybridized carbons (Fsp3) is 0.533. The summed E-state index contributed by atoms with van der Waals surface area (Å²) in [5.74, 6) is 0.0235. The van der Waals surface area contributed by atoms with Crippen LogP contribution in [0.3, 0.4) is 0 Å². The van der Waals surface area contributed by atoms with Crippen molar-refractivity contribution in [3.8, 4) is 0 Å². The standard InChI is InChI=1S/C15H21Cl2N3O.ClH/c1-11(13-4-3-12(16)9-14(13)17)19-15(21)10-20-7-2-5-18-6-8-20;/h3-4,9,11,18H,2,5-8,10H2,1H3,(H,19,21);1H. The van der Waals surface area contributed by atoms with E-state index in [1.807, 2.05) is 13.0 Å². The van der Waals surface area contributed by atoms with Gasteiger partial charge in [0.25, 0.3) is 0 Å². The molecule has 2 rings (SSSR count). The van der Waals surface area contributed by atoms with Gasteiger partial charge in [-0.3, -0.25) is 9.69 Å². The highest BCUT2D eigenvalue weighted by Crippen LogP contribution is 2.25. The Hall–Kier alpha value is -0.520. The zero-order valence-electron chi connectivity index (χ0n) is 12.6. The van der Waals surface area contributed by atoms with Gasteiger partial charge in [-0.15, -0.1) is 12.4 Å². The summed E-state index contributed by atoms with van der Waals surface area (Å²) < 4.78 is 0. The maximum absolute atomic E-state index is 12.1. The molecule has 22 heavy (non-hydrogen) atoms. The summed E-state index contributed by atoms with van der Waals surface area (Å²) in [4.78, 5) is 14.3. The van der Waals surface area contributed by atoms with Crippen LogP contribution in [0.15, 0.2) is 18.2 Å². The predicted molar refractivity (Wildman–Crippen MR) is 94.2 cm³/mol. The lowest BCUT2D eigenvalue weighted by atomic mass is 10.1. The van der Waals surface area contributed by atoms with Gasteiger partial charge in [0.15, 0.2) is 0 Å². The van der Waals surface area contributed by atoms with Gasteiger partial charge in [0.1, 0.15) is 0 Å². The topological polar surface area (TPSA) is 44.4 Å². The first kappa shape index (κ1) is 19.5. The monoisotopic (exact) mass is 365 g/mol. The molecule has 1 amide bonds. The van der Waals surface area contributed by atoms with E-state index in [0.29, 0.717) is 16.6 Å². The molecule has 1 aromatic carbocycles. The molecule has 1 heterocycles. The second kappa shape index (κ2) is 9.58. The number of amides is 1. The van der Waals surface area contributed by atoms with E-state index in [-0.39, 0.29) is 24.4 Å². The molecular formula is C15H22Cl3N3O. The smallest absolute Gasteiger partial charge is 0.234 e. The number of carbonyl (C=O) groups excluding carboxylic acids is 1. The lowest BCUT2D eigenvalue weighted by Gasteiger charge is -2.21. The van der Waals surface area contributed by atoms with Gasteiger partial charge in [-0.25, -0.2) is 0 Å². The van der Waals surface area contributed by atoms with Crippen molar-refractivity contribution < 1.29 is 4.79 Å². The summed E-state index contributed by atoms with van der Waals surface area (Å²) >= 11 is 12.1. The van der Waals surface area contributed by atoms with Crippen molar-refractivity contribution in [2.24, 2.45) is 0 Å². The first-order valence-electron chi connectivity index (χ1n) is 7.23. The average molecular weight is 367 g/mol. The molecule has 1 aliphatic rings. The molecule has 1 saturated heterocycles. The molecule has 1 fully saturated rings. The zero-order chi connectivity index (χ0) is 15.2. The molecule has 0 aliphatic carbocycles. The Kier molecular flexibility index (Phi) is 8.50. The number of halogens is 3. The predicted octanol–water partition coefficient (Wildman–Crippen LogP) is 2.89. The first-order chi connectivity index (χ1) is 10.1. The fourth-order valence-corrected chi connectivity index (χ4v) is 3.05. The van der Waals surface area contributed by atoms with E-state index >= 15 is 0 Å². The Labute approximate surface area is 147 Å².